The number of hydrogen-bond acceptors (Lipinski definition) is 2. The summed E-state index contributed by atoms with van der Waals surface area (Å²) < 4.78 is 5.50. The average molecular weight is 669 g/mol. The van der Waals surface area contributed by atoms with Gasteiger partial charge in [-0.1, -0.05) is 146 Å². The third-order valence-corrected chi connectivity index (χ3v) is 12.9. The second-order valence-corrected chi connectivity index (χ2v) is 15.3. The van der Waals surface area contributed by atoms with Gasteiger partial charge in [0.15, 0.2) is 0 Å². The quantitative estimate of drug-likeness (QED) is 0.164. The molecule has 0 aliphatic heterocycles. The van der Waals surface area contributed by atoms with Crippen LogP contribution in [0.3, 0.4) is 0 Å². The van der Waals surface area contributed by atoms with E-state index in [0.29, 0.717) is 0 Å². The number of benzene rings is 9. The van der Waals surface area contributed by atoms with Crippen LogP contribution >= 0.6 is 22.7 Å². The molecule has 2 aromatic heterocycles. The molecule has 0 radical (unpaired) electrons. The molecule has 0 amide bonds. The smallest absolute Gasteiger partial charge is 0.0540 e. The van der Waals surface area contributed by atoms with Crippen molar-refractivity contribution in [1.82, 2.24) is 0 Å². The normalized spacial score (nSPS) is 12.0. The third-order valence-electron chi connectivity index (χ3n) is 10.4. The maximum absolute atomic E-state index is 2.44. The summed E-state index contributed by atoms with van der Waals surface area (Å²) in [4.78, 5) is 0. The summed E-state index contributed by atoms with van der Waals surface area (Å²) in [6.45, 7) is 0. The van der Waals surface area contributed by atoms with E-state index in [0.717, 1.165) is 0 Å². The fourth-order valence-corrected chi connectivity index (χ4v) is 10.9. The van der Waals surface area contributed by atoms with Gasteiger partial charge in [0, 0.05) is 30.9 Å². The molecule has 0 saturated carbocycles. The SMILES string of the molecule is c1ccc(-c2c3ccccc3c(-c3cccc(-c4ccc5sc6c7sc8ccccc8c7c7ccccc7c6c5c4)c3)c3ccccc23)cc1. The molecule has 11 aromatic rings. The van der Waals surface area contributed by atoms with E-state index in [1.807, 2.05) is 22.7 Å². The molecule has 0 atom stereocenters. The summed E-state index contributed by atoms with van der Waals surface area (Å²) in [5.41, 5.74) is 7.55. The highest BCUT2D eigenvalue weighted by atomic mass is 32.1. The summed E-state index contributed by atoms with van der Waals surface area (Å²) in [5, 5.41) is 13.3. The zero-order chi connectivity index (χ0) is 32.8. The Kier molecular flexibility index (Phi) is 6.09. The molecule has 0 spiro atoms. The Labute approximate surface area is 297 Å². The largest absolute Gasteiger partial charge is 0.134 e. The minimum Gasteiger partial charge on any atom is -0.134 e. The number of hydrogen-bond donors (Lipinski definition) is 0. The van der Waals surface area contributed by atoms with Crippen LogP contribution in [-0.4, -0.2) is 0 Å². The van der Waals surface area contributed by atoms with Gasteiger partial charge in [-0.25, -0.2) is 0 Å². The van der Waals surface area contributed by atoms with Crippen molar-refractivity contribution >= 4 is 95.3 Å². The van der Waals surface area contributed by atoms with Crippen molar-refractivity contribution in [2.24, 2.45) is 0 Å². The van der Waals surface area contributed by atoms with E-state index >= 15 is 0 Å². The molecule has 0 aliphatic carbocycles. The minimum absolute atomic E-state index is 1.23. The Hall–Kier alpha value is -5.80. The van der Waals surface area contributed by atoms with Crippen LogP contribution in [0.5, 0.6) is 0 Å². The zero-order valence-electron chi connectivity index (χ0n) is 27.0. The molecule has 0 N–H and O–H groups in total. The lowest BCUT2D eigenvalue weighted by molar-refractivity contribution is 1.63. The van der Waals surface area contributed by atoms with Crippen LogP contribution in [0.1, 0.15) is 0 Å². The molecule has 0 nitrogen and oxygen atoms in total. The second-order valence-electron chi connectivity index (χ2n) is 13.2. The molecule has 2 heterocycles. The lowest BCUT2D eigenvalue weighted by Crippen LogP contribution is -1.91. The van der Waals surface area contributed by atoms with Crippen molar-refractivity contribution in [3.8, 4) is 33.4 Å². The number of thiophene rings is 2. The predicted molar refractivity (Wildman–Crippen MR) is 221 cm³/mol. The van der Waals surface area contributed by atoms with Gasteiger partial charge in [0.05, 0.1) is 9.40 Å². The highest BCUT2D eigenvalue weighted by Crippen LogP contribution is 2.50. The first-order valence-electron chi connectivity index (χ1n) is 17.1. The Balaban J connectivity index is 1.15. The van der Waals surface area contributed by atoms with Gasteiger partial charge >= 0.3 is 0 Å². The Morgan fingerprint density at radius 3 is 1.34 bits per heavy atom. The first-order chi connectivity index (χ1) is 24.8. The van der Waals surface area contributed by atoms with Crippen LogP contribution < -0.4 is 0 Å². The monoisotopic (exact) mass is 668 g/mol. The third kappa shape index (κ3) is 4.04. The Morgan fingerprint density at radius 1 is 0.260 bits per heavy atom. The molecule has 0 fully saturated rings. The second kappa shape index (κ2) is 10.9. The van der Waals surface area contributed by atoms with Gasteiger partial charge in [-0.2, -0.15) is 0 Å². The molecule has 9 aromatic carbocycles. The molecule has 232 valence electrons. The minimum atomic E-state index is 1.23. The maximum Gasteiger partial charge on any atom is 0.0540 e. The average Bonchev–Trinajstić information content (AvgIpc) is 3.77. The van der Waals surface area contributed by atoms with E-state index in [9.17, 15) is 0 Å². The van der Waals surface area contributed by atoms with Gasteiger partial charge in [0.1, 0.15) is 0 Å². The Bertz CT molecular complexity index is 3080. The maximum atomic E-state index is 2.44. The van der Waals surface area contributed by atoms with Crippen LogP contribution in [0, 0.1) is 0 Å². The first-order valence-corrected chi connectivity index (χ1v) is 18.7. The van der Waals surface area contributed by atoms with E-state index < -0.39 is 0 Å². The van der Waals surface area contributed by atoms with Gasteiger partial charge in [0.2, 0.25) is 0 Å². The van der Waals surface area contributed by atoms with E-state index in [1.165, 1.54) is 106 Å². The van der Waals surface area contributed by atoms with Crippen molar-refractivity contribution < 1.29 is 0 Å². The molecule has 0 aliphatic rings. The van der Waals surface area contributed by atoms with Crippen molar-refractivity contribution in [2.45, 2.75) is 0 Å². The summed E-state index contributed by atoms with van der Waals surface area (Å²) in [7, 11) is 0. The molecule has 11 rings (SSSR count). The Morgan fingerprint density at radius 2 is 0.700 bits per heavy atom. The van der Waals surface area contributed by atoms with Crippen molar-refractivity contribution in [2.75, 3.05) is 0 Å². The lowest BCUT2D eigenvalue weighted by Gasteiger charge is -2.18. The molecular weight excluding hydrogens is 641 g/mol. The molecule has 0 saturated heterocycles. The van der Waals surface area contributed by atoms with Crippen molar-refractivity contribution in [1.29, 1.82) is 0 Å². The van der Waals surface area contributed by atoms with Crippen molar-refractivity contribution in [3.63, 3.8) is 0 Å². The van der Waals surface area contributed by atoms with Crippen LogP contribution in [0.4, 0.5) is 0 Å². The van der Waals surface area contributed by atoms with Gasteiger partial charge in [-0.15, -0.1) is 22.7 Å². The molecule has 0 unspecified atom stereocenters. The van der Waals surface area contributed by atoms with Gasteiger partial charge < -0.3 is 0 Å². The van der Waals surface area contributed by atoms with Gasteiger partial charge in [-0.05, 0) is 90.0 Å². The van der Waals surface area contributed by atoms with Gasteiger partial charge in [0.25, 0.3) is 0 Å². The summed E-state index contributed by atoms with van der Waals surface area (Å²) in [6.07, 6.45) is 0. The standard InChI is InChI=1S/C48H28S2/c1-2-13-29(14-3-1)43-33-17-4-6-19-35(33)44(36-20-7-5-18-34(36)43)32-16-12-15-30(27-32)31-25-26-42-40(28-31)46-38-22-9-8-21-37(38)45-39-23-10-11-24-41(39)49-47(45)48(46)50-42/h1-28H. The van der Waals surface area contributed by atoms with Crippen molar-refractivity contribution in [3.05, 3.63) is 170 Å². The molecule has 50 heavy (non-hydrogen) atoms. The lowest BCUT2D eigenvalue weighted by atomic mass is 9.85. The van der Waals surface area contributed by atoms with E-state index in [-0.39, 0.29) is 0 Å². The fourth-order valence-electron chi connectivity index (χ4n) is 8.31. The first kappa shape index (κ1) is 28.1. The fraction of sp³-hybridized carbons (Fsp3) is 0. The highest BCUT2D eigenvalue weighted by Gasteiger charge is 2.20. The van der Waals surface area contributed by atoms with Gasteiger partial charge in [-0.3, -0.25) is 0 Å². The summed E-state index contributed by atoms with van der Waals surface area (Å²) in [6, 6.07) is 62.8. The highest BCUT2D eigenvalue weighted by molar-refractivity contribution is 7.33. The summed E-state index contributed by atoms with van der Waals surface area (Å²) in [5.74, 6) is 0. The molecular formula is C48H28S2. The van der Waals surface area contributed by atoms with Crippen LogP contribution in [0.2, 0.25) is 0 Å². The molecule has 2 heteroatoms. The molecule has 0 bridgehead atoms. The number of fused-ring (bicyclic) bond motifs is 12. The number of rotatable bonds is 3. The summed E-state index contributed by atoms with van der Waals surface area (Å²) >= 11 is 3.87. The van der Waals surface area contributed by atoms with Crippen LogP contribution in [0.15, 0.2) is 170 Å². The van der Waals surface area contributed by atoms with E-state index in [2.05, 4.69) is 170 Å². The zero-order valence-corrected chi connectivity index (χ0v) is 28.6. The van der Waals surface area contributed by atoms with E-state index in [4.69, 9.17) is 0 Å². The van der Waals surface area contributed by atoms with Crippen LogP contribution in [-0.2, 0) is 0 Å². The van der Waals surface area contributed by atoms with Crippen LogP contribution in [0.25, 0.3) is 106 Å². The predicted octanol–water partition coefficient (Wildman–Crippen LogP) is 14.9. The topological polar surface area (TPSA) is 0 Å². The van der Waals surface area contributed by atoms with E-state index in [1.54, 1.807) is 0 Å².